The number of hydrogen-bond donors (Lipinski definition) is 1. The molecule has 1 aromatic heterocycles. The standard InChI is InChI=1S/C26H38N4O4/c1-26(2,3)34-25(32)30-12-9-20(10-13-30)29-16-14-28(15-17-29)18-21(31)19-33-24-8-11-27-23-7-5-4-6-22(23)24/h4-8,11,20-21,31H,9-10,12-19H2,1-3H3/t21-/m1/s1. The molecule has 0 spiro atoms. The highest BCUT2D eigenvalue weighted by atomic mass is 16.6. The van der Waals surface area contributed by atoms with E-state index in [1.54, 1.807) is 6.20 Å². The summed E-state index contributed by atoms with van der Waals surface area (Å²) in [6.45, 7) is 11.9. The Kier molecular flexibility index (Phi) is 7.91. The highest BCUT2D eigenvalue weighted by Crippen LogP contribution is 2.24. The third-order valence-corrected chi connectivity index (χ3v) is 6.55. The van der Waals surface area contributed by atoms with Crippen LogP contribution in [0.3, 0.4) is 0 Å². The van der Waals surface area contributed by atoms with Gasteiger partial charge >= 0.3 is 6.09 Å². The van der Waals surface area contributed by atoms with Crippen LogP contribution in [0.1, 0.15) is 33.6 Å². The Balaban J connectivity index is 1.17. The van der Waals surface area contributed by atoms with Crippen molar-refractivity contribution in [3.05, 3.63) is 36.5 Å². The van der Waals surface area contributed by atoms with E-state index in [-0.39, 0.29) is 12.7 Å². The van der Waals surface area contributed by atoms with Crippen LogP contribution in [-0.2, 0) is 4.74 Å². The van der Waals surface area contributed by atoms with Crippen molar-refractivity contribution in [2.45, 2.75) is 51.4 Å². The Morgan fingerprint density at radius 2 is 1.79 bits per heavy atom. The molecule has 34 heavy (non-hydrogen) atoms. The molecule has 8 heteroatoms. The lowest BCUT2D eigenvalue weighted by Crippen LogP contribution is -2.55. The molecule has 3 heterocycles. The number of benzene rings is 1. The van der Waals surface area contributed by atoms with Crippen LogP contribution in [0.15, 0.2) is 36.5 Å². The third-order valence-electron chi connectivity index (χ3n) is 6.55. The van der Waals surface area contributed by atoms with Gasteiger partial charge in [0.2, 0.25) is 0 Å². The zero-order chi connectivity index (χ0) is 24.1. The average Bonchev–Trinajstić information content (AvgIpc) is 2.82. The lowest BCUT2D eigenvalue weighted by molar-refractivity contribution is 0.00545. The second-order valence-electron chi connectivity index (χ2n) is 10.3. The highest BCUT2D eigenvalue weighted by molar-refractivity contribution is 5.84. The number of piperazine rings is 1. The number of aliphatic hydroxyl groups is 1. The van der Waals surface area contributed by atoms with Gasteiger partial charge in [-0.2, -0.15) is 0 Å². The summed E-state index contributed by atoms with van der Waals surface area (Å²) in [5, 5.41) is 11.5. The summed E-state index contributed by atoms with van der Waals surface area (Å²) in [4.78, 5) is 23.3. The Morgan fingerprint density at radius 3 is 2.50 bits per heavy atom. The minimum Gasteiger partial charge on any atom is -0.490 e. The minimum absolute atomic E-state index is 0.202. The zero-order valence-electron chi connectivity index (χ0n) is 20.7. The SMILES string of the molecule is CC(C)(C)OC(=O)N1CCC(N2CCN(C[C@@H](O)COc3ccnc4ccccc34)CC2)CC1. The molecule has 0 saturated carbocycles. The molecular formula is C26H38N4O4. The number of ether oxygens (including phenoxy) is 2. The van der Waals surface area contributed by atoms with Crippen LogP contribution in [-0.4, -0.2) is 101 Å². The topological polar surface area (TPSA) is 78.4 Å². The van der Waals surface area contributed by atoms with Crippen LogP contribution in [0, 0.1) is 0 Å². The quantitative estimate of drug-likeness (QED) is 0.695. The van der Waals surface area contributed by atoms with Gasteiger partial charge in [0.15, 0.2) is 0 Å². The van der Waals surface area contributed by atoms with E-state index in [9.17, 15) is 9.90 Å². The van der Waals surface area contributed by atoms with Gasteiger partial charge < -0.3 is 19.5 Å². The van der Waals surface area contributed by atoms with E-state index in [0.717, 1.165) is 68.8 Å². The molecule has 4 rings (SSSR count). The van der Waals surface area contributed by atoms with Gasteiger partial charge in [-0.1, -0.05) is 12.1 Å². The molecule has 0 aliphatic carbocycles. The van der Waals surface area contributed by atoms with Crippen LogP contribution < -0.4 is 4.74 Å². The van der Waals surface area contributed by atoms with E-state index in [4.69, 9.17) is 9.47 Å². The lowest BCUT2D eigenvalue weighted by atomic mass is 10.0. The van der Waals surface area contributed by atoms with Gasteiger partial charge in [0.05, 0.1) is 5.52 Å². The van der Waals surface area contributed by atoms with E-state index in [1.165, 1.54) is 0 Å². The fraction of sp³-hybridized carbons (Fsp3) is 0.615. The molecule has 1 amide bonds. The zero-order valence-corrected chi connectivity index (χ0v) is 20.7. The first-order valence-corrected chi connectivity index (χ1v) is 12.4. The number of β-amino-alcohol motifs (C(OH)–C–C–N with tert-alkyl or cyclic N) is 1. The van der Waals surface area contributed by atoms with Crippen molar-refractivity contribution < 1.29 is 19.4 Å². The van der Waals surface area contributed by atoms with Crippen molar-refractivity contribution in [3.8, 4) is 5.75 Å². The maximum Gasteiger partial charge on any atom is 0.410 e. The smallest absolute Gasteiger partial charge is 0.410 e. The molecule has 1 N–H and O–H groups in total. The fourth-order valence-corrected chi connectivity index (χ4v) is 4.78. The molecule has 2 aliphatic rings. The van der Waals surface area contributed by atoms with E-state index in [0.29, 0.717) is 12.6 Å². The Bertz CT molecular complexity index is 942. The van der Waals surface area contributed by atoms with Gasteiger partial charge in [-0.3, -0.25) is 14.8 Å². The average molecular weight is 471 g/mol. The minimum atomic E-state index is -0.546. The number of carbonyl (C=O) groups is 1. The number of nitrogens with zero attached hydrogens (tertiary/aromatic N) is 4. The van der Waals surface area contributed by atoms with Gasteiger partial charge in [-0.15, -0.1) is 0 Å². The predicted molar refractivity (Wildman–Crippen MR) is 132 cm³/mol. The first-order chi connectivity index (χ1) is 16.3. The first kappa shape index (κ1) is 24.7. The number of para-hydroxylation sites is 1. The van der Waals surface area contributed by atoms with Crippen molar-refractivity contribution >= 4 is 17.0 Å². The molecule has 1 aromatic carbocycles. The fourth-order valence-electron chi connectivity index (χ4n) is 4.78. The molecule has 8 nitrogen and oxygen atoms in total. The van der Waals surface area contributed by atoms with Crippen LogP contribution in [0.2, 0.25) is 0 Å². The molecule has 186 valence electrons. The molecule has 0 unspecified atom stereocenters. The number of rotatable bonds is 6. The normalized spacial score (nSPS) is 19.8. The molecule has 2 aliphatic heterocycles. The molecular weight excluding hydrogens is 432 g/mol. The summed E-state index contributed by atoms with van der Waals surface area (Å²) >= 11 is 0. The summed E-state index contributed by atoms with van der Waals surface area (Å²) in [5.74, 6) is 0.757. The predicted octanol–water partition coefficient (Wildman–Crippen LogP) is 2.99. The van der Waals surface area contributed by atoms with E-state index in [1.807, 2.05) is 56.0 Å². The van der Waals surface area contributed by atoms with E-state index in [2.05, 4.69) is 14.8 Å². The van der Waals surface area contributed by atoms with Crippen LogP contribution >= 0.6 is 0 Å². The van der Waals surface area contributed by atoms with Crippen LogP contribution in [0.5, 0.6) is 5.75 Å². The first-order valence-electron chi connectivity index (χ1n) is 12.4. The summed E-state index contributed by atoms with van der Waals surface area (Å²) in [5.41, 5.74) is 0.439. The maximum atomic E-state index is 12.3. The van der Waals surface area contributed by atoms with Crippen molar-refractivity contribution in [1.29, 1.82) is 0 Å². The number of piperidine rings is 1. The molecule has 2 fully saturated rings. The van der Waals surface area contributed by atoms with Gasteiger partial charge in [0.1, 0.15) is 24.1 Å². The van der Waals surface area contributed by atoms with Crippen molar-refractivity contribution in [3.63, 3.8) is 0 Å². The second kappa shape index (κ2) is 10.9. The molecule has 0 radical (unpaired) electrons. The van der Waals surface area contributed by atoms with Crippen LogP contribution in [0.25, 0.3) is 10.9 Å². The number of likely N-dealkylation sites (tertiary alicyclic amines) is 1. The largest absolute Gasteiger partial charge is 0.490 e. The van der Waals surface area contributed by atoms with Crippen molar-refractivity contribution in [1.82, 2.24) is 19.7 Å². The van der Waals surface area contributed by atoms with Gasteiger partial charge in [0.25, 0.3) is 0 Å². The Labute approximate surface area is 202 Å². The monoisotopic (exact) mass is 470 g/mol. The number of amides is 1. The van der Waals surface area contributed by atoms with Crippen molar-refractivity contribution in [2.24, 2.45) is 0 Å². The number of carbonyl (C=O) groups excluding carboxylic acids is 1. The summed E-state index contributed by atoms with van der Waals surface area (Å²) in [6, 6.07) is 10.2. The number of aliphatic hydroxyl groups excluding tert-OH is 1. The van der Waals surface area contributed by atoms with Crippen molar-refractivity contribution in [2.75, 3.05) is 52.4 Å². The van der Waals surface area contributed by atoms with Gasteiger partial charge in [0, 0.05) is 63.4 Å². The highest BCUT2D eigenvalue weighted by Gasteiger charge is 2.31. The van der Waals surface area contributed by atoms with E-state index < -0.39 is 11.7 Å². The molecule has 2 aromatic rings. The van der Waals surface area contributed by atoms with Gasteiger partial charge in [-0.05, 0) is 51.8 Å². The van der Waals surface area contributed by atoms with E-state index >= 15 is 0 Å². The summed E-state index contributed by atoms with van der Waals surface area (Å²) in [7, 11) is 0. The Morgan fingerprint density at radius 1 is 1.09 bits per heavy atom. The second-order valence-corrected chi connectivity index (χ2v) is 10.3. The van der Waals surface area contributed by atoms with Gasteiger partial charge in [-0.25, -0.2) is 4.79 Å². The number of aromatic nitrogens is 1. The third kappa shape index (κ3) is 6.58. The van der Waals surface area contributed by atoms with Crippen LogP contribution in [0.4, 0.5) is 4.79 Å². The molecule has 2 saturated heterocycles. The lowest BCUT2D eigenvalue weighted by Gasteiger charge is -2.43. The Hall–Kier alpha value is -2.42. The number of pyridine rings is 1. The maximum absolute atomic E-state index is 12.3. The number of hydrogen-bond acceptors (Lipinski definition) is 7. The molecule has 1 atom stereocenters. The molecule has 0 bridgehead atoms. The summed E-state index contributed by atoms with van der Waals surface area (Å²) in [6.07, 6.45) is 2.95. The number of fused-ring (bicyclic) bond motifs is 1. The summed E-state index contributed by atoms with van der Waals surface area (Å²) < 4.78 is 11.4.